The molecule has 1 amide bonds. The molecule has 3 aromatic rings. The van der Waals surface area contributed by atoms with Gasteiger partial charge in [-0.1, -0.05) is 24.3 Å². The third-order valence-electron chi connectivity index (χ3n) is 5.27. The van der Waals surface area contributed by atoms with Gasteiger partial charge >= 0.3 is 5.97 Å². The van der Waals surface area contributed by atoms with E-state index in [9.17, 15) is 14.9 Å². The number of rotatable bonds is 8. The van der Waals surface area contributed by atoms with Crippen LogP contribution in [0, 0.1) is 11.3 Å². The van der Waals surface area contributed by atoms with E-state index in [4.69, 9.17) is 18.9 Å². The van der Waals surface area contributed by atoms with Gasteiger partial charge in [-0.3, -0.25) is 9.59 Å². The van der Waals surface area contributed by atoms with Crippen LogP contribution >= 0.6 is 0 Å². The van der Waals surface area contributed by atoms with E-state index in [1.54, 1.807) is 55.6 Å². The minimum absolute atomic E-state index is 0.0892. The number of carbonyl (C=O) groups is 2. The second-order valence-corrected chi connectivity index (χ2v) is 7.54. The summed E-state index contributed by atoms with van der Waals surface area (Å²) in [5.41, 5.74) is 2.73. The predicted octanol–water partition coefficient (Wildman–Crippen LogP) is 3.51. The molecule has 172 valence electrons. The van der Waals surface area contributed by atoms with Gasteiger partial charge < -0.3 is 24.3 Å². The van der Waals surface area contributed by atoms with Crippen molar-refractivity contribution in [3.05, 3.63) is 88.5 Å². The predicted molar refractivity (Wildman–Crippen MR) is 121 cm³/mol. The number of fused-ring (bicyclic) bond motifs is 1. The second-order valence-electron chi connectivity index (χ2n) is 7.54. The van der Waals surface area contributed by atoms with Gasteiger partial charge in [-0.25, -0.2) is 0 Å². The number of amides is 1. The second kappa shape index (κ2) is 10.4. The van der Waals surface area contributed by atoms with Gasteiger partial charge in [-0.15, -0.1) is 0 Å². The van der Waals surface area contributed by atoms with Crippen LogP contribution in [0.15, 0.2) is 60.7 Å². The summed E-state index contributed by atoms with van der Waals surface area (Å²) in [4.78, 5) is 25.2. The maximum Gasteiger partial charge on any atom is 0.310 e. The third-order valence-corrected chi connectivity index (χ3v) is 5.27. The van der Waals surface area contributed by atoms with Crippen LogP contribution in [0.25, 0.3) is 0 Å². The van der Waals surface area contributed by atoms with Gasteiger partial charge in [0.15, 0.2) is 11.5 Å². The Kier molecular flexibility index (Phi) is 6.94. The van der Waals surface area contributed by atoms with E-state index in [1.807, 2.05) is 12.1 Å². The van der Waals surface area contributed by atoms with Crippen LogP contribution < -0.4 is 19.5 Å². The van der Waals surface area contributed by atoms with Gasteiger partial charge in [0, 0.05) is 17.7 Å². The van der Waals surface area contributed by atoms with Crippen molar-refractivity contribution in [1.82, 2.24) is 5.32 Å². The fraction of sp³-hybridized carbons (Fsp3) is 0.192. The molecule has 0 spiro atoms. The monoisotopic (exact) mass is 458 g/mol. The highest BCUT2D eigenvalue weighted by Gasteiger charge is 2.16. The molecular weight excluding hydrogens is 436 g/mol. The molecule has 0 radical (unpaired) electrons. The van der Waals surface area contributed by atoms with Crippen molar-refractivity contribution in [1.29, 1.82) is 5.26 Å². The van der Waals surface area contributed by atoms with Gasteiger partial charge in [0.2, 0.25) is 6.79 Å². The Balaban J connectivity index is 1.40. The quantitative estimate of drug-likeness (QED) is 0.515. The molecule has 0 saturated heterocycles. The Bertz CT molecular complexity index is 1250. The minimum atomic E-state index is -0.429. The standard InChI is InChI=1S/C26H22N2O6/c1-31-21-7-3-17(4-8-21)12-25(29)32-15-20-6-2-18(13-27)10-22(20)26(30)28-14-19-5-9-23-24(11-19)34-16-33-23/h2-11H,12,14-16H2,1H3,(H,28,30). The molecule has 4 rings (SSSR count). The van der Waals surface area contributed by atoms with Crippen molar-refractivity contribution < 1.29 is 28.5 Å². The first-order chi connectivity index (χ1) is 16.6. The number of esters is 1. The number of hydrogen-bond donors (Lipinski definition) is 1. The van der Waals surface area contributed by atoms with E-state index in [1.165, 1.54) is 6.07 Å². The van der Waals surface area contributed by atoms with E-state index >= 15 is 0 Å². The molecule has 0 atom stereocenters. The third kappa shape index (κ3) is 5.45. The lowest BCUT2D eigenvalue weighted by molar-refractivity contribution is -0.144. The van der Waals surface area contributed by atoms with E-state index in [0.29, 0.717) is 28.4 Å². The highest BCUT2D eigenvalue weighted by Crippen LogP contribution is 2.32. The van der Waals surface area contributed by atoms with Crippen LogP contribution in [-0.4, -0.2) is 25.8 Å². The highest BCUT2D eigenvalue weighted by molar-refractivity contribution is 5.96. The summed E-state index contributed by atoms with van der Waals surface area (Å²) in [6.07, 6.45) is 0.0892. The van der Waals surface area contributed by atoms with Crippen molar-refractivity contribution >= 4 is 11.9 Å². The molecule has 8 heteroatoms. The van der Waals surface area contributed by atoms with E-state index in [-0.39, 0.29) is 37.8 Å². The molecular formula is C26H22N2O6. The molecule has 1 N–H and O–H groups in total. The average Bonchev–Trinajstić information content (AvgIpc) is 3.34. The van der Waals surface area contributed by atoms with Crippen molar-refractivity contribution in [3.63, 3.8) is 0 Å². The molecule has 1 aliphatic rings. The number of nitrogens with zero attached hydrogens (tertiary/aromatic N) is 1. The molecule has 3 aromatic carbocycles. The minimum Gasteiger partial charge on any atom is -0.497 e. The maximum absolute atomic E-state index is 12.9. The van der Waals surface area contributed by atoms with Crippen molar-refractivity contribution in [2.24, 2.45) is 0 Å². The molecule has 0 unspecified atom stereocenters. The zero-order valence-electron chi connectivity index (χ0n) is 18.5. The number of nitrogens with one attached hydrogen (secondary N) is 1. The summed E-state index contributed by atoms with van der Waals surface area (Å²) in [7, 11) is 1.57. The summed E-state index contributed by atoms with van der Waals surface area (Å²) in [6.45, 7) is 0.336. The van der Waals surface area contributed by atoms with Crippen molar-refractivity contribution in [3.8, 4) is 23.3 Å². The smallest absolute Gasteiger partial charge is 0.310 e. The summed E-state index contributed by atoms with van der Waals surface area (Å²) >= 11 is 0. The lowest BCUT2D eigenvalue weighted by Crippen LogP contribution is -2.24. The number of benzene rings is 3. The first kappa shape index (κ1) is 22.7. The van der Waals surface area contributed by atoms with E-state index < -0.39 is 5.97 Å². The maximum atomic E-state index is 12.9. The largest absolute Gasteiger partial charge is 0.497 e. The summed E-state index contributed by atoms with van der Waals surface area (Å²) in [6, 6.07) is 19.3. The van der Waals surface area contributed by atoms with Gasteiger partial charge in [0.05, 0.1) is 25.2 Å². The molecule has 0 saturated carbocycles. The Labute approximate surface area is 196 Å². The van der Waals surface area contributed by atoms with Crippen LogP contribution in [0.3, 0.4) is 0 Å². The Morgan fingerprint density at radius 3 is 2.53 bits per heavy atom. The lowest BCUT2D eigenvalue weighted by Gasteiger charge is -2.12. The Morgan fingerprint density at radius 1 is 1.00 bits per heavy atom. The van der Waals surface area contributed by atoms with Crippen LogP contribution in [0.5, 0.6) is 17.2 Å². The Morgan fingerprint density at radius 2 is 1.76 bits per heavy atom. The number of hydrogen-bond acceptors (Lipinski definition) is 7. The highest BCUT2D eigenvalue weighted by atomic mass is 16.7. The average molecular weight is 458 g/mol. The summed E-state index contributed by atoms with van der Waals surface area (Å²) < 4.78 is 21.2. The zero-order chi connectivity index (χ0) is 23.9. The SMILES string of the molecule is COc1ccc(CC(=O)OCc2ccc(C#N)cc2C(=O)NCc2ccc3c(c2)OCO3)cc1. The summed E-state index contributed by atoms with van der Waals surface area (Å²) in [5.74, 6) is 1.18. The fourth-order valence-corrected chi connectivity index (χ4v) is 3.43. The summed E-state index contributed by atoms with van der Waals surface area (Å²) in [5, 5.41) is 12.1. The van der Waals surface area contributed by atoms with Crippen LogP contribution in [0.2, 0.25) is 0 Å². The molecule has 1 heterocycles. The first-order valence-electron chi connectivity index (χ1n) is 10.5. The van der Waals surface area contributed by atoms with Crippen LogP contribution in [-0.2, 0) is 29.1 Å². The number of methoxy groups -OCH3 is 1. The zero-order valence-corrected chi connectivity index (χ0v) is 18.5. The molecule has 0 bridgehead atoms. The van der Waals surface area contributed by atoms with Crippen LogP contribution in [0.4, 0.5) is 0 Å². The topological polar surface area (TPSA) is 107 Å². The number of carbonyl (C=O) groups excluding carboxylic acids is 2. The van der Waals surface area contributed by atoms with Gasteiger partial charge in [-0.2, -0.15) is 5.26 Å². The molecule has 8 nitrogen and oxygen atoms in total. The Hall–Kier alpha value is -4.51. The normalized spacial score (nSPS) is 11.4. The molecule has 1 aliphatic heterocycles. The molecule has 0 fully saturated rings. The van der Waals surface area contributed by atoms with Crippen LogP contribution in [0.1, 0.15) is 32.6 Å². The molecule has 0 aliphatic carbocycles. The van der Waals surface area contributed by atoms with Gasteiger partial charge in [-0.05, 0) is 47.5 Å². The van der Waals surface area contributed by atoms with Crippen molar-refractivity contribution in [2.45, 2.75) is 19.6 Å². The van der Waals surface area contributed by atoms with Gasteiger partial charge in [0.25, 0.3) is 5.91 Å². The lowest BCUT2D eigenvalue weighted by atomic mass is 10.0. The number of ether oxygens (including phenoxy) is 4. The molecule has 0 aromatic heterocycles. The number of nitriles is 1. The van der Waals surface area contributed by atoms with E-state index in [0.717, 1.165) is 11.1 Å². The van der Waals surface area contributed by atoms with E-state index in [2.05, 4.69) is 5.32 Å². The van der Waals surface area contributed by atoms with Crippen molar-refractivity contribution in [2.75, 3.05) is 13.9 Å². The molecule has 34 heavy (non-hydrogen) atoms. The first-order valence-corrected chi connectivity index (χ1v) is 10.5. The fourth-order valence-electron chi connectivity index (χ4n) is 3.43. The van der Waals surface area contributed by atoms with Gasteiger partial charge in [0.1, 0.15) is 12.4 Å².